The van der Waals surface area contributed by atoms with Crippen molar-refractivity contribution >= 4 is 33.9 Å². The molecule has 8 rings (SSSR count). The van der Waals surface area contributed by atoms with Crippen LogP contribution in [0, 0.1) is 24.7 Å². The van der Waals surface area contributed by atoms with Gasteiger partial charge in [-0.2, -0.15) is 0 Å². The third kappa shape index (κ3) is 4.35. The number of methoxy groups -OCH3 is 1. The molecule has 3 aliphatic rings. The van der Waals surface area contributed by atoms with Gasteiger partial charge in [0, 0.05) is 42.7 Å². The van der Waals surface area contributed by atoms with Crippen molar-refractivity contribution in [3.63, 3.8) is 0 Å². The quantitative estimate of drug-likeness (QED) is 0.226. The van der Waals surface area contributed by atoms with Crippen LogP contribution in [0.2, 0.25) is 0 Å². The van der Waals surface area contributed by atoms with Gasteiger partial charge in [-0.25, -0.2) is 14.8 Å². The van der Waals surface area contributed by atoms with Gasteiger partial charge in [-0.1, -0.05) is 19.1 Å². The molecule has 0 spiro atoms. The van der Waals surface area contributed by atoms with E-state index in [1.165, 1.54) is 19.3 Å². The summed E-state index contributed by atoms with van der Waals surface area (Å²) in [6.45, 7) is 5.76. The van der Waals surface area contributed by atoms with Gasteiger partial charge in [-0.15, -0.1) is 0 Å². The number of piperidine rings is 1. The highest BCUT2D eigenvalue weighted by molar-refractivity contribution is 6.00. The molecular weight excluding hydrogens is 566 g/mol. The van der Waals surface area contributed by atoms with E-state index in [9.17, 15) is 14.7 Å². The van der Waals surface area contributed by atoms with Crippen LogP contribution in [0.5, 0.6) is 5.75 Å². The fourth-order valence-corrected chi connectivity index (χ4v) is 7.88. The van der Waals surface area contributed by atoms with E-state index in [4.69, 9.17) is 14.7 Å². The molecule has 230 valence electrons. The van der Waals surface area contributed by atoms with Crippen LogP contribution in [0.4, 0.5) is 0 Å². The molecule has 0 radical (unpaired) electrons. The number of imidazole rings is 1. The molecule has 45 heavy (non-hydrogen) atoms. The van der Waals surface area contributed by atoms with Crippen LogP contribution in [-0.2, 0) is 13.6 Å². The lowest BCUT2D eigenvalue weighted by molar-refractivity contribution is 0.0687. The highest BCUT2D eigenvalue weighted by Crippen LogP contribution is 2.44. The van der Waals surface area contributed by atoms with Gasteiger partial charge in [0.1, 0.15) is 16.9 Å². The largest absolute Gasteiger partial charge is 0.494 e. The van der Waals surface area contributed by atoms with Crippen molar-refractivity contribution in [2.75, 3.05) is 13.7 Å². The molecule has 3 atom stereocenters. The van der Waals surface area contributed by atoms with E-state index in [-0.39, 0.29) is 11.5 Å². The number of aromatic carboxylic acids is 1. The van der Waals surface area contributed by atoms with Gasteiger partial charge >= 0.3 is 5.97 Å². The van der Waals surface area contributed by atoms with Gasteiger partial charge in [0.05, 0.1) is 29.6 Å². The molecule has 2 unspecified atom stereocenters. The molecule has 2 saturated carbocycles. The number of nitrogens with zero attached hydrogens (tertiary/aromatic N) is 5. The summed E-state index contributed by atoms with van der Waals surface area (Å²) in [5.74, 6) is 2.25. The highest BCUT2D eigenvalue weighted by atomic mass is 16.5. The molecule has 3 fully saturated rings. The standard InChI is InChI=1S/C36H37N5O4/c1-19-23-11-13-29(19)41(18-23)35(42)24-14-28-32(31(16-24)45-4)39(3)34(38-28)30-15-22-10-12-27(37-33(22)40(30)17-21-8-9-21)25-6-5-7-26(20(25)2)36(43)44/h5-7,10,12,14-16,19,21,23,29H,8-9,11,13,17-18H2,1-4H3,(H,43,44)/t19-,23?,29?/m1/s1. The summed E-state index contributed by atoms with van der Waals surface area (Å²) >= 11 is 0. The molecule has 1 N–H and O–H groups in total. The third-order valence-electron chi connectivity index (χ3n) is 10.6. The summed E-state index contributed by atoms with van der Waals surface area (Å²) in [6, 6.07) is 15.6. The first-order valence-electron chi connectivity index (χ1n) is 15.9. The molecule has 2 aromatic carbocycles. The van der Waals surface area contributed by atoms with Crippen LogP contribution in [0.25, 0.3) is 44.8 Å². The zero-order chi connectivity index (χ0) is 31.1. The number of hydrogen-bond donors (Lipinski definition) is 1. The minimum Gasteiger partial charge on any atom is -0.494 e. The second kappa shape index (κ2) is 10.2. The molecule has 3 aromatic heterocycles. The van der Waals surface area contributed by atoms with Crippen molar-refractivity contribution in [3.8, 4) is 28.5 Å². The van der Waals surface area contributed by atoms with Crippen molar-refractivity contribution in [2.24, 2.45) is 24.8 Å². The second-order valence-corrected chi connectivity index (χ2v) is 13.2. The Bertz CT molecular complexity index is 2040. The summed E-state index contributed by atoms with van der Waals surface area (Å²) in [7, 11) is 3.64. The van der Waals surface area contributed by atoms with E-state index in [0.717, 1.165) is 64.4 Å². The minimum atomic E-state index is -0.945. The molecule has 1 amide bonds. The number of benzene rings is 2. The maximum absolute atomic E-state index is 13.8. The summed E-state index contributed by atoms with van der Waals surface area (Å²) in [5.41, 5.74) is 6.52. The van der Waals surface area contributed by atoms with E-state index in [2.05, 4.69) is 33.1 Å². The summed E-state index contributed by atoms with van der Waals surface area (Å²) < 4.78 is 10.2. The summed E-state index contributed by atoms with van der Waals surface area (Å²) in [6.07, 6.45) is 4.65. The number of likely N-dealkylation sites (tertiary alicyclic amines) is 1. The summed E-state index contributed by atoms with van der Waals surface area (Å²) in [4.78, 5) is 37.9. The van der Waals surface area contributed by atoms with Crippen LogP contribution < -0.4 is 4.74 Å². The first-order chi connectivity index (χ1) is 21.7. The summed E-state index contributed by atoms with van der Waals surface area (Å²) in [5, 5.41) is 10.7. The number of ether oxygens (including phenoxy) is 1. The maximum atomic E-state index is 13.8. The van der Waals surface area contributed by atoms with Crippen molar-refractivity contribution in [1.82, 2.24) is 24.0 Å². The Morgan fingerprint density at radius 1 is 1.04 bits per heavy atom. The number of carboxylic acids is 1. The molecule has 1 saturated heterocycles. The van der Waals surface area contributed by atoms with Crippen molar-refractivity contribution in [1.29, 1.82) is 0 Å². The Labute approximate surface area is 261 Å². The lowest BCUT2D eigenvalue weighted by atomic mass is 9.99. The van der Waals surface area contributed by atoms with Crippen molar-refractivity contribution in [2.45, 2.75) is 52.1 Å². The molecule has 9 nitrogen and oxygen atoms in total. The van der Waals surface area contributed by atoms with Gasteiger partial charge < -0.3 is 23.9 Å². The van der Waals surface area contributed by atoms with Gasteiger partial charge in [-0.05, 0) is 92.3 Å². The molecule has 9 heteroatoms. The van der Waals surface area contributed by atoms with E-state index in [0.29, 0.717) is 40.7 Å². The number of amides is 1. The van der Waals surface area contributed by atoms with Crippen molar-refractivity contribution < 1.29 is 19.4 Å². The first-order valence-corrected chi connectivity index (χ1v) is 15.9. The van der Waals surface area contributed by atoms with E-state index in [1.54, 1.807) is 19.2 Å². The van der Waals surface area contributed by atoms with Gasteiger partial charge in [0.25, 0.3) is 5.91 Å². The first kappa shape index (κ1) is 27.9. The predicted molar refractivity (Wildman–Crippen MR) is 173 cm³/mol. The Hall–Kier alpha value is -4.66. The van der Waals surface area contributed by atoms with Crippen LogP contribution in [0.3, 0.4) is 0 Å². The normalized spacial score (nSPS) is 20.9. The van der Waals surface area contributed by atoms with E-state index in [1.807, 2.05) is 38.2 Å². The number of aromatic nitrogens is 4. The molecule has 4 heterocycles. The number of aryl methyl sites for hydroxylation is 1. The van der Waals surface area contributed by atoms with Crippen molar-refractivity contribution in [3.05, 3.63) is 65.2 Å². The number of rotatable bonds is 7. The lowest BCUT2D eigenvalue weighted by Crippen LogP contribution is -2.38. The number of carboxylic acid groups (broad SMARTS) is 1. The fraction of sp³-hybridized carbons (Fsp3) is 0.389. The Balaban J connectivity index is 1.25. The molecule has 2 aliphatic carbocycles. The Morgan fingerprint density at radius 2 is 1.87 bits per heavy atom. The number of hydrogen-bond acceptors (Lipinski definition) is 5. The third-order valence-corrected chi connectivity index (χ3v) is 10.6. The number of pyridine rings is 1. The molecule has 1 aliphatic heterocycles. The van der Waals surface area contributed by atoms with E-state index < -0.39 is 5.97 Å². The highest BCUT2D eigenvalue weighted by Gasteiger charge is 2.46. The average molecular weight is 604 g/mol. The minimum absolute atomic E-state index is 0.0586. The molecule has 2 bridgehead atoms. The van der Waals surface area contributed by atoms with Gasteiger partial charge in [0.15, 0.2) is 5.82 Å². The van der Waals surface area contributed by atoms with Crippen LogP contribution in [0.15, 0.2) is 48.5 Å². The number of carbonyl (C=O) groups excluding carboxylic acids is 1. The van der Waals surface area contributed by atoms with Crippen LogP contribution >= 0.6 is 0 Å². The fourth-order valence-electron chi connectivity index (χ4n) is 7.88. The molecular formula is C36H37N5O4. The average Bonchev–Trinajstić information content (AvgIpc) is 3.44. The lowest BCUT2D eigenvalue weighted by Gasteiger charge is -2.27. The van der Waals surface area contributed by atoms with Crippen LogP contribution in [-0.4, -0.2) is 60.7 Å². The smallest absolute Gasteiger partial charge is 0.335 e. The monoisotopic (exact) mass is 603 g/mol. The van der Waals surface area contributed by atoms with E-state index >= 15 is 0 Å². The predicted octanol–water partition coefficient (Wildman–Crippen LogP) is 6.55. The zero-order valence-electron chi connectivity index (χ0n) is 26.1. The van der Waals surface area contributed by atoms with Crippen LogP contribution in [0.1, 0.15) is 58.9 Å². The van der Waals surface area contributed by atoms with Gasteiger partial charge in [0.2, 0.25) is 0 Å². The topological polar surface area (TPSA) is 102 Å². The number of fused-ring (bicyclic) bond motifs is 4. The Kier molecular flexibility index (Phi) is 6.31. The number of carbonyl (C=O) groups is 2. The SMILES string of the molecule is COc1cc(C(=O)N2CC3CCC2[C@@H]3C)cc2nc(-c3cc4ccc(-c5cccc(C(=O)O)c5C)nc4n3CC3CC3)n(C)c12. The maximum Gasteiger partial charge on any atom is 0.335 e. The zero-order valence-corrected chi connectivity index (χ0v) is 26.1. The molecule has 5 aromatic rings. The second-order valence-electron chi connectivity index (χ2n) is 13.2. The van der Waals surface area contributed by atoms with Gasteiger partial charge in [-0.3, -0.25) is 4.79 Å². The Morgan fingerprint density at radius 3 is 2.56 bits per heavy atom.